The molecule has 2 N–H and O–H groups in total. The predicted molar refractivity (Wildman–Crippen MR) is 72.2 cm³/mol. The fourth-order valence-electron chi connectivity index (χ4n) is 2.84. The van der Waals surface area contributed by atoms with Crippen LogP contribution in [0.4, 0.5) is 0 Å². The molecule has 2 aliphatic carbocycles. The zero-order valence-electron chi connectivity index (χ0n) is 10.6. The largest absolute Gasteiger partial charge is 0.326 e. The first-order valence-corrected chi connectivity index (χ1v) is 7.83. The van der Waals surface area contributed by atoms with Gasteiger partial charge in [0.1, 0.15) is 0 Å². The zero-order chi connectivity index (χ0) is 11.8. The Morgan fingerprint density at radius 3 is 2.41 bits per heavy atom. The van der Waals surface area contributed by atoms with Crippen LogP contribution in [0.1, 0.15) is 60.5 Å². The zero-order valence-corrected chi connectivity index (χ0v) is 11.4. The maximum Gasteiger partial charge on any atom is 0.0968 e. The van der Waals surface area contributed by atoms with Crippen LogP contribution in [-0.2, 0) is 13.0 Å². The Morgan fingerprint density at radius 1 is 1.29 bits per heavy atom. The van der Waals surface area contributed by atoms with E-state index in [4.69, 9.17) is 10.7 Å². The number of rotatable bonds is 6. The number of thiazole rings is 1. The first kappa shape index (κ1) is 11.7. The summed E-state index contributed by atoms with van der Waals surface area (Å²) in [6.45, 7) is 2.90. The van der Waals surface area contributed by atoms with Crippen molar-refractivity contribution in [1.29, 1.82) is 0 Å². The highest BCUT2D eigenvalue weighted by Crippen LogP contribution is 2.55. The van der Waals surface area contributed by atoms with E-state index in [-0.39, 0.29) is 0 Å². The van der Waals surface area contributed by atoms with Crippen LogP contribution < -0.4 is 5.73 Å². The lowest BCUT2D eigenvalue weighted by molar-refractivity contribution is 0.533. The molecule has 0 atom stereocenters. The van der Waals surface area contributed by atoms with Crippen molar-refractivity contribution in [1.82, 2.24) is 4.98 Å². The fourth-order valence-corrected chi connectivity index (χ4v) is 4.11. The fraction of sp³-hybridized carbons (Fsp3) is 0.786. The molecule has 2 saturated carbocycles. The van der Waals surface area contributed by atoms with Crippen LogP contribution in [0.25, 0.3) is 0 Å². The van der Waals surface area contributed by atoms with Gasteiger partial charge in [-0.25, -0.2) is 4.98 Å². The third-order valence-corrected chi connectivity index (χ3v) is 5.23. The van der Waals surface area contributed by atoms with Crippen molar-refractivity contribution in [3.05, 3.63) is 15.6 Å². The molecule has 2 nitrogen and oxygen atoms in total. The van der Waals surface area contributed by atoms with Gasteiger partial charge in [-0.1, -0.05) is 13.3 Å². The second-order valence-electron chi connectivity index (χ2n) is 5.58. The van der Waals surface area contributed by atoms with Crippen molar-refractivity contribution in [2.75, 3.05) is 0 Å². The molecule has 1 aromatic rings. The van der Waals surface area contributed by atoms with E-state index in [2.05, 4.69) is 6.92 Å². The molecule has 0 radical (unpaired) electrons. The highest BCUT2D eigenvalue weighted by Gasteiger charge is 2.43. The minimum atomic E-state index is 0.676. The van der Waals surface area contributed by atoms with Crippen LogP contribution in [0.5, 0.6) is 0 Å². The minimum Gasteiger partial charge on any atom is -0.326 e. The second-order valence-corrected chi connectivity index (χ2v) is 6.69. The molecule has 2 fully saturated rings. The molecule has 0 spiro atoms. The number of aryl methyl sites for hydroxylation is 1. The topological polar surface area (TPSA) is 38.9 Å². The highest BCUT2D eigenvalue weighted by atomic mass is 32.1. The van der Waals surface area contributed by atoms with Crippen molar-refractivity contribution in [3.8, 4) is 0 Å². The number of nitrogens with zero attached hydrogens (tertiary/aromatic N) is 1. The molecule has 1 aromatic heterocycles. The summed E-state index contributed by atoms with van der Waals surface area (Å²) in [6.07, 6.45) is 8.01. The third kappa shape index (κ3) is 2.41. The molecular formula is C14H22N2S. The van der Waals surface area contributed by atoms with E-state index < -0.39 is 0 Å². The summed E-state index contributed by atoms with van der Waals surface area (Å²) in [5, 5.41) is 1.42. The molecule has 2 aliphatic rings. The van der Waals surface area contributed by atoms with Gasteiger partial charge >= 0.3 is 0 Å². The second kappa shape index (κ2) is 4.69. The molecule has 3 rings (SSSR count). The van der Waals surface area contributed by atoms with Gasteiger partial charge < -0.3 is 5.73 Å². The Kier molecular flexibility index (Phi) is 3.22. The molecule has 0 unspecified atom stereocenters. The lowest BCUT2D eigenvalue weighted by Gasteiger charge is -2.11. The Morgan fingerprint density at radius 2 is 1.94 bits per heavy atom. The molecule has 17 heavy (non-hydrogen) atoms. The van der Waals surface area contributed by atoms with Crippen LogP contribution in [-0.4, -0.2) is 4.98 Å². The normalized spacial score (nSPS) is 20.2. The van der Waals surface area contributed by atoms with Crippen LogP contribution in [0.15, 0.2) is 0 Å². The van der Waals surface area contributed by atoms with Crippen LogP contribution in [0.2, 0.25) is 0 Å². The number of hydrogen-bond donors (Lipinski definition) is 1. The maximum atomic E-state index is 5.85. The van der Waals surface area contributed by atoms with E-state index in [0.717, 1.165) is 24.2 Å². The van der Waals surface area contributed by atoms with Crippen molar-refractivity contribution >= 4 is 11.3 Å². The summed E-state index contributed by atoms with van der Waals surface area (Å²) in [5.41, 5.74) is 7.14. The molecule has 0 bridgehead atoms. The van der Waals surface area contributed by atoms with Gasteiger partial charge in [0.05, 0.1) is 10.7 Å². The van der Waals surface area contributed by atoms with Gasteiger partial charge in [0, 0.05) is 17.3 Å². The lowest BCUT2D eigenvalue weighted by atomic mass is 9.99. The van der Waals surface area contributed by atoms with Crippen molar-refractivity contribution in [2.45, 2.75) is 57.9 Å². The Bertz CT molecular complexity index is 379. The van der Waals surface area contributed by atoms with Crippen molar-refractivity contribution in [2.24, 2.45) is 17.6 Å². The average molecular weight is 250 g/mol. The predicted octanol–water partition coefficient (Wildman–Crippen LogP) is 3.46. The van der Waals surface area contributed by atoms with E-state index >= 15 is 0 Å². The van der Waals surface area contributed by atoms with Gasteiger partial charge in [-0.2, -0.15) is 0 Å². The highest BCUT2D eigenvalue weighted by molar-refractivity contribution is 7.11. The number of hydrogen-bond acceptors (Lipinski definition) is 3. The van der Waals surface area contributed by atoms with Crippen LogP contribution in [0, 0.1) is 11.8 Å². The summed E-state index contributed by atoms with van der Waals surface area (Å²) in [6, 6.07) is 0. The third-order valence-electron chi connectivity index (χ3n) is 4.01. The Labute approximate surface area is 108 Å². The van der Waals surface area contributed by atoms with E-state index in [1.807, 2.05) is 11.3 Å². The molecule has 94 valence electrons. The smallest absolute Gasteiger partial charge is 0.0968 e. The maximum absolute atomic E-state index is 5.85. The molecule has 0 aliphatic heterocycles. The van der Waals surface area contributed by atoms with E-state index in [1.165, 1.54) is 47.7 Å². The van der Waals surface area contributed by atoms with Gasteiger partial charge in [-0.05, 0) is 43.9 Å². The van der Waals surface area contributed by atoms with E-state index in [9.17, 15) is 0 Å². The van der Waals surface area contributed by atoms with Crippen molar-refractivity contribution < 1.29 is 0 Å². The monoisotopic (exact) mass is 250 g/mol. The molecule has 0 aromatic carbocycles. The molecule has 0 amide bonds. The average Bonchev–Trinajstić information content (AvgIpc) is 3.21. The minimum absolute atomic E-state index is 0.676. The summed E-state index contributed by atoms with van der Waals surface area (Å²) < 4.78 is 0. The number of nitrogens with two attached hydrogens (primary N) is 1. The first-order chi connectivity index (χ1) is 8.33. The van der Waals surface area contributed by atoms with Crippen LogP contribution in [0.3, 0.4) is 0 Å². The standard InChI is InChI=1S/C14H22N2S/c1-2-3-11-12(8-15)17-14(16-11)13(9-4-5-9)10-6-7-10/h9-10,13H,2-8,15H2,1H3. The molecule has 1 heterocycles. The van der Waals surface area contributed by atoms with E-state index in [0.29, 0.717) is 6.54 Å². The quantitative estimate of drug-likeness (QED) is 0.839. The SMILES string of the molecule is CCCc1nc(C(C2CC2)C2CC2)sc1CN. The summed E-state index contributed by atoms with van der Waals surface area (Å²) in [7, 11) is 0. The number of aromatic nitrogens is 1. The first-order valence-electron chi connectivity index (χ1n) is 7.02. The van der Waals surface area contributed by atoms with E-state index in [1.54, 1.807) is 0 Å². The molecule has 3 heteroatoms. The lowest BCUT2D eigenvalue weighted by Crippen LogP contribution is -2.03. The molecular weight excluding hydrogens is 228 g/mol. The van der Waals surface area contributed by atoms with Crippen molar-refractivity contribution in [3.63, 3.8) is 0 Å². The summed E-state index contributed by atoms with van der Waals surface area (Å²) in [4.78, 5) is 6.27. The Balaban J connectivity index is 1.85. The summed E-state index contributed by atoms with van der Waals surface area (Å²) >= 11 is 1.91. The van der Waals surface area contributed by atoms with Gasteiger partial charge in [-0.3, -0.25) is 0 Å². The van der Waals surface area contributed by atoms with Gasteiger partial charge in [0.25, 0.3) is 0 Å². The van der Waals surface area contributed by atoms with Gasteiger partial charge in [0.2, 0.25) is 0 Å². The Hall–Kier alpha value is -0.410. The van der Waals surface area contributed by atoms with Gasteiger partial charge in [0.15, 0.2) is 0 Å². The summed E-state index contributed by atoms with van der Waals surface area (Å²) in [5.74, 6) is 2.69. The van der Waals surface area contributed by atoms with Gasteiger partial charge in [-0.15, -0.1) is 11.3 Å². The van der Waals surface area contributed by atoms with Crippen LogP contribution >= 0.6 is 11.3 Å². The molecule has 0 saturated heterocycles.